The van der Waals surface area contributed by atoms with E-state index in [4.69, 9.17) is 4.98 Å². The van der Waals surface area contributed by atoms with Crippen LogP contribution < -0.4 is 5.32 Å². The molecule has 3 nitrogen and oxygen atoms in total. The van der Waals surface area contributed by atoms with Crippen LogP contribution in [0.4, 0.5) is 5.69 Å². The number of rotatable bonds is 3. The third kappa shape index (κ3) is 2.83. The standard InChI is InChI=1S/C20H23N3/c1-23-19-10-6-5-9-18(19)22-20(23)15-11-13-17(14-12-15)21-16-7-3-2-4-8-16/h5-6,9-14,16,21H,2-4,7-8H2,1H3. The van der Waals surface area contributed by atoms with Crippen molar-refractivity contribution in [3.63, 3.8) is 0 Å². The molecule has 1 aliphatic carbocycles. The molecule has 2 aromatic carbocycles. The van der Waals surface area contributed by atoms with Crippen molar-refractivity contribution in [3.8, 4) is 11.4 Å². The zero-order valence-electron chi connectivity index (χ0n) is 13.6. The smallest absolute Gasteiger partial charge is 0.140 e. The van der Waals surface area contributed by atoms with Gasteiger partial charge >= 0.3 is 0 Å². The molecule has 0 amide bonds. The summed E-state index contributed by atoms with van der Waals surface area (Å²) < 4.78 is 2.17. The molecule has 1 fully saturated rings. The second-order valence-corrected chi connectivity index (χ2v) is 6.54. The minimum Gasteiger partial charge on any atom is -0.382 e. The van der Waals surface area contributed by atoms with Crippen molar-refractivity contribution in [2.75, 3.05) is 5.32 Å². The van der Waals surface area contributed by atoms with Crippen LogP contribution in [0.3, 0.4) is 0 Å². The Morgan fingerprint density at radius 3 is 2.43 bits per heavy atom. The van der Waals surface area contributed by atoms with Gasteiger partial charge in [0, 0.05) is 24.3 Å². The third-order valence-electron chi connectivity index (χ3n) is 4.91. The lowest BCUT2D eigenvalue weighted by Gasteiger charge is -2.23. The molecule has 0 unspecified atom stereocenters. The van der Waals surface area contributed by atoms with Crippen LogP contribution in [0.1, 0.15) is 32.1 Å². The van der Waals surface area contributed by atoms with Gasteiger partial charge in [0.2, 0.25) is 0 Å². The van der Waals surface area contributed by atoms with Crippen LogP contribution in [0.25, 0.3) is 22.4 Å². The highest BCUT2D eigenvalue weighted by Crippen LogP contribution is 2.26. The van der Waals surface area contributed by atoms with Crippen LogP contribution in [-0.4, -0.2) is 15.6 Å². The summed E-state index contributed by atoms with van der Waals surface area (Å²) in [6.45, 7) is 0. The molecule has 1 N–H and O–H groups in total. The third-order valence-corrected chi connectivity index (χ3v) is 4.91. The number of aromatic nitrogens is 2. The quantitative estimate of drug-likeness (QED) is 0.739. The summed E-state index contributed by atoms with van der Waals surface area (Å²) in [5.74, 6) is 1.02. The number of hydrogen-bond donors (Lipinski definition) is 1. The van der Waals surface area contributed by atoms with E-state index in [0.29, 0.717) is 6.04 Å². The minimum atomic E-state index is 0.644. The van der Waals surface area contributed by atoms with E-state index in [2.05, 4.69) is 59.4 Å². The highest BCUT2D eigenvalue weighted by Gasteiger charge is 2.13. The summed E-state index contributed by atoms with van der Waals surface area (Å²) in [6, 6.07) is 17.6. The maximum Gasteiger partial charge on any atom is 0.140 e. The van der Waals surface area contributed by atoms with Gasteiger partial charge in [-0.1, -0.05) is 31.4 Å². The summed E-state index contributed by atoms with van der Waals surface area (Å²) in [6.07, 6.45) is 6.70. The van der Waals surface area contributed by atoms with Crippen LogP contribution in [0.15, 0.2) is 48.5 Å². The van der Waals surface area contributed by atoms with Crippen LogP contribution in [0, 0.1) is 0 Å². The SMILES string of the molecule is Cn1c(-c2ccc(NC3CCCCC3)cc2)nc2ccccc21. The number of imidazole rings is 1. The number of para-hydroxylation sites is 2. The molecule has 0 spiro atoms. The van der Waals surface area contributed by atoms with E-state index in [0.717, 1.165) is 16.9 Å². The van der Waals surface area contributed by atoms with Crippen molar-refractivity contribution < 1.29 is 0 Å². The predicted octanol–water partition coefficient (Wildman–Crippen LogP) is 4.98. The summed E-state index contributed by atoms with van der Waals surface area (Å²) in [7, 11) is 2.08. The van der Waals surface area contributed by atoms with Gasteiger partial charge in [0.1, 0.15) is 5.82 Å². The Labute approximate surface area is 137 Å². The second-order valence-electron chi connectivity index (χ2n) is 6.54. The Kier molecular flexibility index (Phi) is 3.78. The first kappa shape index (κ1) is 14.3. The highest BCUT2D eigenvalue weighted by molar-refractivity contribution is 5.80. The molecule has 1 heterocycles. The Balaban J connectivity index is 1.58. The summed E-state index contributed by atoms with van der Waals surface area (Å²) in [5, 5.41) is 3.67. The molecule has 0 aliphatic heterocycles. The predicted molar refractivity (Wildman–Crippen MR) is 96.6 cm³/mol. The van der Waals surface area contributed by atoms with Gasteiger partial charge in [0.25, 0.3) is 0 Å². The lowest BCUT2D eigenvalue weighted by molar-refractivity contribution is 0.463. The Morgan fingerprint density at radius 2 is 1.70 bits per heavy atom. The van der Waals surface area contributed by atoms with E-state index in [-0.39, 0.29) is 0 Å². The fraction of sp³-hybridized carbons (Fsp3) is 0.350. The highest BCUT2D eigenvalue weighted by atomic mass is 15.1. The van der Waals surface area contributed by atoms with Gasteiger partial charge < -0.3 is 9.88 Å². The average molecular weight is 305 g/mol. The number of hydrogen-bond acceptors (Lipinski definition) is 2. The lowest BCUT2D eigenvalue weighted by atomic mass is 9.95. The van der Waals surface area contributed by atoms with Crippen LogP contribution in [0.5, 0.6) is 0 Å². The molecule has 3 aromatic rings. The molecule has 1 aliphatic rings. The van der Waals surface area contributed by atoms with Crippen molar-refractivity contribution >= 4 is 16.7 Å². The van der Waals surface area contributed by atoms with Gasteiger partial charge in [-0.3, -0.25) is 0 Å². The van der Waals surface area contributed by atoms with E-state index in [1.807, 2.05) is 6.07 Å². The van der Waals surface area contributed by atoms with Crippen molar-refractivity contribution in [2.24, 2.45) is 7.05 Å². The van der Waals surface area contributed by atoms with E-state index >= 15 is 0 Å². The zero-order chi connectivity index (χ0) is 15.6. The monoisotopic (exact) mass is 305 g/mol. The molecule has 0 atom stereocenters. The zero-order valence-corrected chi connectivity index (χ0v) is 13.6. The normalized spacial score (nSPS) is 15.9. The fourth-order valence-electron chi connectivity index (χ4n) is 3.60. The fourth-order valence-corrected chi connectivity index (χ4v) is 3.60. The van der Waals surface area contributed by atoms with E-state index in [9.17, 15) is 0 Å². The molecular weight excluding hydrogens is 282 g/mol. The number of aryl methyl sites for hydroxylation is 1. The molecule has 23 heavy (non-hydrogen) atoms. The van der Waals surface area contributed by atoms with E-state index < -0.39 is 0 Å². The molecule has 0 radical (unpaired) electrons. The number of benzene rings is 2. The number of fused-ring (bicyclic) bond motifs is 1. The van der Waals surface area contributed by atoms with Gasteiger partial charge in [0.05, 0.1) is 11.0 Å². The van der Waals surface area contributed by atoms with Crippen molar-refractivity contribution in [1.29, 1.82) is 0 Å². The molecule has 3 heteroatoms. The van der Waals surface area contributed by atoms with Gasteiger partial charge in [-0.05, 0) is 49.2 Å². The summed E-state index contributed by atoms with van der Waals surface area (Å²) >= 11 is 0. The molecule has 1 saturated carbocycles. The second kappa shape index (κ2) is 6.07. The van der Waals surface area contributed by atoms with E-state index in [1.54, 1.807) is 0 Å². The van der Waals surface area contributed by atoms with Crippen LogP contribution in [-0.2, 0) is 7.05 Å². The number of anilines is 1. The van der Waals surface area contributed by atoms with Gasteiger partial charge in [-0.25, -0.2) is 4.98 Å². The molecular formula is C20H23N3. The Hall–Kier alpha value is -2.29. The molecule has 0 saturated heterocycles. The Morgan fingerprint density at radius 1 is 0.957 bits per heavy atom. The van der Waals surface area contributed by atoms with Crippen molar-refractivity contribution in [1.82, 2.24) is 9.55 Å². The molecule has 118 valence electrons. The van der Waals surface area contributed by atoms with Gasteiger partial charge in [-0.2, -0.15) is 0 Å². The molecule has 0 bridgehead atoms. The van der Waals surface area contributed by atoms with Crippen molar-refractivity contribution in [3.05, 3.63) is 48.5 Å². The van der Waals surface area contributed by atoms with E-state index in [1.165, 1.54) is 43.3 Å². The molecule has 4 rings (SSSR count). The lowest BCUT2D eigenvalue weighted by Crippen LogP contribution is -2.22. The maximum atomic E-state index is 4.77. The topological polar surface area (TPSA) is 29.9 Å². The first-order chi connectivity index (χ1) is 11.3. The van der Waals surface area contributed by atoms with Gasteiger partial charge in [0.15, 0.2) is 0 Å². The van der Waals surface area contributed by atoms with Crippen LogP contribution in [0.2, 0.25) is 0 Å². The Bertz CT molecular complexity index is 795. The molecule has 1 aromatic heterocycles. The summed E-state index contributed by atoms with van der Waals surface area (Å²) in [4.78, 5) is 4.77. The largest absolute Gasteiger partial charge is 0.382 e. The number of nitrogens with zero attached hydrogens (tertiary/aromatic N) is 2. The summed E-state index contributed by atoms with van der Waals surface area (Å²) in [5.41, 5.74) is 4.61. The minimum absolute atomic E-state index is 0.644. The number of nitrogens with one attached hydrogen (secondary N) is 1. The first-order valence-corrected chi connectivity index (χ1v) is 8.60. The van der Waals surface area contributed by atoms with Gasteiger partial charge in [-0.15, -0.1) is 0 Å². The van der Waals surface area contributed by atoms with Crippen molar-refractivity contribution in [2.45, 2.75) is 38.1 Å². The van der Waals surface area contributed by atoms with Crippen LogP contribution >= 0.6 is 0 Å². The average Bonchev–Trinajstić information content (AvgIpc) is 2.94. The maximum absolute atomic E-state index is 4.77. The first-order valence-electron chi connectivity index (χ1n) is 8.60.